The number of furan rings is 1. The lowest BCUT2D eigenvalue weighted by Crippen LogP contribution is -2.11. The number of benzene rings is 2. The van der Waals surface area contributed by atoms with E-state index in [1.807, 2.05) is 25.1 Å². The Morgan fingerprint density at radius 2 is 1.74 bits per heavy atom. The summed E-state index contributed by atoms with van der Waals surface area (Å²) in [6.07, 6.45) is -4.40. The summed E-state index contributed by atoms with van der Waals surface area (Å²) in [5, 5.41) is 3.30. The predicted octanol–water partition coefficient (Wildman–Crippen LogP) is 5.01. The fourth-order valence-corrected chi connectivity index (χ4v) is 2.19. The van der Waals surface area contributed by atoms with Crippen LogP contribution >= 0.6 is 0 Å². The van der Waals surface area contributed by atoms with E-state index in [0.29, 0.717) is 5.58 Å². The summed E-state index contributed by atoms with van der Waals surface area (Å²) in [5.41, 5.74) is 1.08. The average Bonchev–Trinajstić information content (AvgIpc) is 2.90. The van der Waals surface area contributed by atoms with Gasteiger partial charge < -0.3 is 9.73 Å². The maximum atomic E-state index is 12.5. The van der Waals surface area contributed by atoms with E-state index in [4.69, 9.17) is 4.42 Å². The van der Waals surface area contributed by atoms with Gasteiger partial charge in [-0.05, 0) is 48.9 Å². The average molecular weight is 319 g/mol. The second kappa shape index (κ2) is 5.46. The molecule has 3 nitrogen and oxygen atoms in total. The summed E-state index contributed by atoms with van der Waals surface area (Å²) in [7, 11) is 0. The number of rotatable bonds is 2. The highest BCUT2D eigenvalue weighted by atomic mass is 19.4. The molecule has 0 aliphatic carbocycles. The lowest BCUT2D eigenvalue weighted by molar-refractivity contribution is -0.137. The maximum Gasteiger partial charge on any atom is 0.416 e. The minimum absolute atomic E-state index is 0.102. The summed E-state index contributed by atoms with van der Waals surface area (Å²) in [6, 6.07) is 11.4. The minimum atomic E-state index is -4.40. The Bertz CT molecular complexity index is 864. The summed E-state index contributed by atoms with van der Waals surface area (Å²) in [5.74, 6) is -0.413. The van der Waals surface area contributed by atoms with E-state index in [1.54, 1.807) is 6.07 Å². The van der Waals surface area contributed by atoms with Gasteiger partial charge in [0.1, 0.15) is 5.58 Å². The zero-order valence-electron chi connectivity index (χ0n) is 12.1. The number of halogens is 3. The molecule has 1 N–H and O–H groups in total. The molecule has 6 heteroatoms. The number of amides is 1. The first-order chi connectivity index (χ1) is 10.8. The monoisotopic (exact) mass is 319 g/mol. The number of hydrogen-bond donors (Lipinski definition) is 1. The highest BCUT2D eigenvalue weighted by Gasteiger charge is 2.30. The first-order valence-corrected chi connectivity index (χ1v) is 6.82. The summed E-state index contributed by atoms with van der Waals surface area (Å²) < 4.78 is 43.0. The quantitative estimate of drug-likeness (QED) is 0.721. The second-order valence-electron chi connectivity index (χ2n) is 5.18. The Morgan fingerprint density at radius 1 is 1.04 bits per heavy atom. The number of hydrogen-bond acceptors (Lipinski definition) is 2. The first kappa shape index (κ1) is 15.1. The molecule has 0 fully saturated rings. The third-order valence-corrected chi connectivity index (χ3v) is 3.37. The van der Waals surface area contributed by atoms with Gasteiger partial charge in [0.25, 0.3) is 5.91 Å². The van der Waals surface area contributed by atoms with Crippen LogP contribution in [-0.4, -0.2) is 5.91 Å². The molecule has 0 radical (unpaired) electrons. The van der Waals surface area contributed by atoms with Crippen molar-refractivity contribution in [2.24, 2.45) is 0 Å². The van der Waals surface area contributed by atoms with Crippen molar-refractivity contribution in [3.63, 3.8) is 0 Å². The Kier molecular flexibility index (Phi) is 3.60. The molecule has 1 aromatic heterocycles. The smallest absolute Gasteiger partial charge is 0.416 e. The number of nitrogens with one attached hydrogen (secondary N) is 1. The molecule has 0 aliphatic rings. The number of alkyl halides is 3. The van der Waals surface area contributed by atoms with Crippen LogP contribution in [0.5, 0.6) is 0 Å². The third-order valence-electron chi connectivity index (χ3n) is 3.37. The Hall–Kier alpha value is -2.76. The molecule has 0 saturated heterocycles. The second-order valence-corrected chi connectivity index (χ2v) is 5.18. The van der Waals surface area contributed by atoms with E-state index in [2.05, 4.69) is 5.32 Å². The molecule has 23 heavy (non-hydrogen) atoms. The molecular formula is C17H12F3NO2. The van der Waals surface area contributed by atoms with Gasteiger partial charge in [-0.15, -0.1) is 0 Å². The number of anilines is 1. The van der Waals surface area contributed by atoms with Gasteiger partial charge in [0.05, 0.1) is 5.56 Å². The molecule has 1 amide bonds. The molecule has 0 unspecified atom stereocenters. The molecule has 0 spiro atoms. The number of aryl methyl sites for hydroxylation is 1. The first-order valence-electron chi connectivity index (χ1n) is 6.82. The largest absolute Gasteiger partial charge is 0.451 e. The van der Waals surface area contributed by atoms with Crippen LogP contribution in [0.15, 0.2) is 52.9 Å². The molecule has 0 bridgehead atoms. The van der Waals surface area contributed by atoms with Gasteiger partial charge in [-0.3, -0.25) is 4.79 Å². The highest BCUT2D eigenvalue weighted by Crippen LogP contribution is 2.30. The number of carbonyl (C=O) groups excluding carboxylic acids is 1. The van der Waals surface area contributed by atoms with Gasteiger partial charge in [-0.1, -0.05) is 12.1 Å². The van der Waals surface area contributed by atoms with Crippen LogP contribution < -0.4 is 5.32 Å². The van der Waals surface area contributed by atoms with Crippen LogP contribution in [0.25, 0.3) is 11.0 Å². The number of fused-ring (bicyclic) bond motifs is 1. The molecule has 0 saturated carbocycles. The van der Waals surface area contributed by atoms with Gasteiger partial charge in [-0.2, -0.15) is 13.2 Å². The van der Waals surface area contributed by atoms with E-state index >= 15 is 0 Å². The lowest BCUT2D eigenvalue weighted by atomic mass is 10.2. The van der Waals surface area contributed by atoms with Gasteiger partial charge in [0.15, 0.2) is 5.76 Å². The SMILES string of the molecule is Cc1ccc2cc(C(=O)Nc3ccc(C(F)(F)F)cc3)oc2c1. The minimum Gasteiger partial charge on any atom is -0.451 e. The van der Waals surface area contributed by atoms with Crippen LogP contribution in [0.4, 0.5) is 18.9 Å². The van der Waals surface area contributed by atoms with Crippen LogP contribution in [0.2, 0.25) is 0 Å². The normalized spacial score (nSPS) is 11.7. The molecule has 1 heterocycles. The molecule has 3 rings (SSSR count). The lowest BCUT2D eigenvalue weighted by Gasteiger charge is -2.08. The van der Waals surface area contributed by atoms with E-state index < -0.39 is 17.6 Å². The predicted molar refractivity (Wildman–Crippen MR) is 80.3 cm³/mol. The van der Waals surface area contributed by atoms with Gasteiger partial charge >= 0.3 is 6.18 Å². The van der Waals surface area contributed by atoms with Crippen molar-refractivity contribution in [2.45, 2.75) is 13.1 Å². The maximum absolute atomic E-state index is 12.5. The van der Waals surface area contributed by atoms with Crippen molar-refractivity contribution < 1.29 is 22.4 Å². The molecule has 2 aromatic carbocycles. The Labute approximate surface area is 129 Å². The van der Waals surface area contributed by atoms with Crippen molar-refractivity contribution >= 4 is 22.6 Å². The van der Waals surface area contributed by atoms with Gasteiger partial charge in [0.2, 0.25) is 0 Å². The van der Waals surface area contributed by atoms with Crippen LogP contribution in [0, 0.1) is 6.92 Å². The van der Waals surface area contributed by atoms with Crippen LogP contribution in [0.3, 0.4) is 0 Å². The molecule has 0 atom stereocenters. The van der Waals surface area contributed by atoms with E-state index in [-0.39, 0.29) is 11.4 Å². The van der Waals surface area contributed by atoms with Crippen molar-refractivity contribution in [3.8, 4) is 0 Å². The highest BCUT2D eigenvalue weighted by molar-refractivity contribution is 6.04. The fourth-order valence-electron chi connectivity index (χ4n) is 2.19. The Morgan fingerprint density at radius 3 is 2.39 bits per heavy atom. The zero-order chi connectivity index (χ0) is 16.6. The van der Waals surface area contributed by atoms with Crippen molar-refractivity contribution in [3.05, 3.63) is 65.4 Å². The zero-order valence-corrected chi connectivity index (χ0v) is 12.1. The number of carbonyl (C=O) groups is 1. The van der Waals surface area contributed by atoms with Crippen molar-refractivity contribution in [2.75, 3.05) is 5.32 Å². The van der Waals surface area contributed by atoms with E-state index in [1.165, 1.54) is 12.1 Å². The molecular weight excluding hydrogens is 307 g/mol. The topological polar surface area (TPSA) is 42.2 Å². The molecule has 0 aliphatic heterocycles. The summed E-state index contributed by atoms with van der Waals surface area (Å²) >= 11 is 0. The van der Waals surface area contributed by atoms with Gasteiger partial charge in [-0.25, -0.2) is 0 Å². The molecule has 3 aromatic rings. The van der Waals surface area contributed by atoms with Crippen LogP contribution in [-0.2, 0) is 6.18 Å². The standard InChI is InChI=1S/C17H12F3NO2/c1-10-2-3-11-9-15(23-14(11)8-10)16(22)21-13-6-4-12(5-7-13)17(18,19)20/h2-9H,1H3,(H,21,22). The van der Waals surface area contributed by atoms with Crippen molar-refractivity contribution in [1.29, 1.82) is 0 Å². The van der Waals surface area contributed by atoms with Gasteiger partial charge in [0, 0.05) is 11.1 Å². The van der Waals surface area contributed by atoms with E-state index in [9.17, 15) is 18.0 Å². The van der Waals surface area contributed by atoms with E-state index in [0.717, 1.165) is 23.1 Å². The summed E-state index contributed by atoms with van der Waals surface area (Å²) in [4.78, 5) is 12.1. The van der Waals surface area contributed by atoms with Crippen LogP contribution in [0.1, 0.15) is 21.7 Å². The third kappa shape index (κ3) is 3.21. The Balaban J connectivity index is 1.80. The fraction of sp³-hybridized carbons (Fsp3) is 0.118. The summed E-state index contributed by atoms with van der Waals surface area (Å²) in [6.45, 7) is 1.91. The molecule has 118 valence electrons. The van der Waals surface area contributed by atoms with Crippen molar-refractivity contribution in [1.82, 2.24) is 0 Å².